The second-order valence-electron chi connectivity index (χ2n) is 21.8. The molecule has 1 aliphatic rings. The fourth-order valence-corrected chi connectivity index (χ4v) is 29.9. The maximum atomic E-state index is 12.9. The number of hydrogen-bond donors (Lipinski definition) is 3. The predicted octanol–water partition coefficient (Wildman–Crippen LogP) is 9.62. The summed E-state index contributed by atoms with van der Waals surface area (Å²) >= 11 is 0. The molecule has 4 aromatic rings. The highest BCUT2D eigenvalue weighted by atomic mass is 28.5. The number of hydrogen-bond acceptors (Lipinski definition) is 15. The van der Waals surface area contributed by atoms with Crippen molar-refractivity contribution in [1.29, 1.82) is 0 Å². The lowest BCUT2D eigenvalue weighted by atomic mass is 9.86. The molecule has 0 radical (unpaired) electrons. The number of ketones is 4. The third-order valence-corrected chi connectivity index (χ3v) is 29.3. The zero-order valence-corrected chi connectivity index (χ0v) is 48.1. The Kier molecular flexibility index (Phi) is 18.5. The SMILES string of the molecule is CC(C)(C)C(=O)c1ccc(OCCC[Si]2(C)O[Si](C)(CCCOc3ccc(C(=O)C(C)(C)O)cc3)O[Si](C)(COc3ccc(C(=O)C(C)(C)O)cc3)O[Si](C)(COc3ccc(C(=O)C(C)(C)O)cc3)O2)cc1. The zero-order chi connectivity index (χ0) is 53.6. The minimum Gasteiger partial charge on any atom is -0.494 e. The van der Waals surface area contributed by atoms with Crippen LogP contribution in [0.2, 0.25) is 38.3 Å². The third kappa shape index (κ3) is 16.7. The monoisotopic (exact) mass is 1060 g/mol. The van der Waals surface area contributed by atoms with Crippen molar-refractivity contribution in [1.82, 2.24) is 0 Å². The number of Topliss-reactive ketones (excluding diaryl/α,β-unsaturated/α-hetero) is 4. The van der Waals surface area contributed by atoms with Crippen LogP contribution < -0.4 is 18.9 Å². The average Bonchev–Trinajstić information content (AvgIpc) is 3.28. The Labute approximate surface area is 429 Å². The first-order valence-corrected chi connectivity index (χ1v) is 34.4. The van der Waals surface area contributed by atoms with Crippen LogP contribution in [-0.2, 0) is 16.5 Å². The number of aliphatic hydroxyl groups is 3. The molecular weight excluding hydrogens is 989 g/mol. The Bertz CT molecular complexity index is 2320. The standard InChI is InChI=1S/C53H74O15Si4/c1-50(2,3)46(54)38-16-24-42(25-17-38)61-32-14-34-69(10)65-70(11,35-15-33-62-43-26-18-39(19-27-43)47(55)51(4,5)58)67-72(13,37-64-45-30-22-41(23-31-45)49(57)53(8,9)60)68-71(12,66-69)36-63-44-28-20-40(21-29-44)48(56)52(6,7)59/h16-31,58-60H,14-15,32-37H2,1-13H3. The minimum atomic E-state index is -3.48. The Morgan fingerprint density at radius 3 is 0.889 bits per heavy atom. The van der Waals surface area contributed by atoms with Crippen LogP contribution in [0.25, 0.3) is 0 Å². The van der Waals surface area contributed by atoms with Gasteiger partial charge in [-0.3, -0.25) is 19.2 Å². The molecule has 0 aliphatic carbocycles. The lowest BCUT2D eigenvalue weighted by Gasteiger charge is -2.49. The van der Waals surface area contributed by atoms with E-state index in [0.717, 1.165) is 0 Å². The number of benzene rings is 4. The van der Waals surface area contributed by atoms with Crippen LogP contribution >= 0.6 is 0 Å². The van der Waals surface area contributed by atoms with Crippen LogP contribution in [0.1, 0.15) is 117 Å². The van der Waals surface area contributed by atoms with Gasteiger partial charge in [0.05, 0.1) is 13.2 Å². The van der Waals surface area contributed by atoms with E-state index in [1.807, 2.05) is 47.0 Å². The first-order chi connectivity index (χ1) is 33.2. The topological polar surface area (TPSA) is 203 Å². The molecule has 4 atom stereocenters. The zero-order valence-electron chi connectivity index (χ0n) is 44.1. The summed E-state index contributed by atoms with van der Waals surface area (Å²) in [7, 11) is -13.5. The number of ether oxygens (including phenoxy) is 4. The van der Waals surface area contributed by atoms with Crippen molar-refractivity contribution in [3.63, 3.8) is 0 Å². The quantitative estimate of drug-likeness (QED) is 0.0360. The summed E-state index contributed by atoms with van der Waals surface area (Å²) in [6, 6.07) is 27.8. The van der Waals surface area contributed by atoms with Crippen LogP contribution in [0.15, 0.2) is 97.1 Å². The fraction of sp³-hybridized carbons (Fsp3) is 0.472. The summed E-state index contributed by atoms with van der Waals surface area (Å²) < 4.78 is 54.3. The third-order valence-electron chi connectivity index (χ3n) is 11.6. The van der Waals surface area contributed by atoms with Crippen molar-refractivity contribution in [3.05, 3.63) is 119 Å². The van der Waals surface area contributed by atoms with Crippen LogP contribution in [0.3, 0.4) is 0 Å². The van der Waals surface area contributed by atoms with E-state index in [1.54, 1.807) is 97.1 Å². The molecule has 19 heteroatoms. The van der Waals surface area contributed by atoms with E-state index in [1.165, 1.54) is 41.5 Å². The van der Waals surface area contributed by atoms with Gasteiger partial charge in [0.25, 0.3) is 0 Å². The van der Waals surface area contributed by atoms with Gasteiger partial charge >= 0.3 is 34.2 Å². The highest BCUT2D eigenvalue weighted by Gasteiger charge is 2.58. The van der Waals surface area contributed by atoms with Gasteiger partial charge < -0.3 is 50.7 Å². The van der Waals surface area contributed by atoms with Crippen molar-refractivity contribution in [2.45, 2.75) is 130 Å². The summed E-state index contributed by atoms with van der Waals surface area (Å²) in [5.74, 6) is 0.875. The van der Waals surface area contributed by atoms with Gasteiger partial charge in [0.15, 0.2) is 23.1 Å². The molecule has 4 aromatic carbocycles. The normalized spacial score (nSPS) is 22.0. The molecule has 0 amide bonds. The van der Waals surface area contributed by atoms with E-state index >= 15 is 0 Å². The molecule has 1 saturated heterocycles. The van der Waals surface area contributed by atoms with Gasteiger partial charge in [-0.25, -0.2) is 0 Å². The van der Waals surface area contributed by atoms with Crippen molar-refractivity contribution in [2.24, 2.45) is 5.41 Å². The summed E-state index contributed by atoms with van der Waals surface area (Å²) in [4.78, 5) is 51.1. The molecule has 1 aliphatic heterocycles. The van der Waals surface area contributed by atoms with Crippen molar-refractivity contribution < 1.29 is 69.9 Å². The van der Waals surface area contributed by atoms with Crippen LogP contribution in [-0.4, -0.2) is 115 Å². The smallest absolute Gasteiger partial charge is 0.356 e. The molecular formula is C53H74O15Si4. The first-order valence-electron chi connectivity index (χ1n) is 24.3. The molecule has 15 nitrogen and oxygen atoms in total. The van der Waals surface area contributed by atoms with E-state index in [-0.39, 0.29) is 18.2 Å². The lowest BCUT2D eigenvalue weighted by Crippen LogP contribution is -2.70. The first kappa shape index (κ1) is 58.2. The summed E-state index contributed by atoms with van der Waals surface area (Å²) in [6.45, 7) is 22.8. The maximum Gasteiger partial charge on any atom is 0.356 e. The summed E-state index contributed by atoms with van der Waals surface area (Å²) in [5.41, 5.74) is -3.49. The van der Waals surface area contributed by atoms with Crippen molar-refractivity contribution in [3.8, 4) is 23.0 Å². The molecule has 0 spiro atoms. The summed E-state index contributed by atoms with van der Waals surface area (Å²) in [5, 5.41) is 30.9. The van der Waals surface area contributed by atoms with Crippen molar-refractivity contribution in [2.75, 3.05) is 25.7 Å². The van der Waals surface area contributed by atoms with Gasteiger partial charge in [-0.1, -0.05) is 20.8 Å². The van der Waals surface area contributed by atoms with Gasteiger partial charge in [0, 0.05) is 27.7 Å². The molecule has 0 saturated carbocycles. The van der Waals surface area contributed by atoms with E-state index in [4.69, 9.17) is 35.4 Å². The van der Waals surface area contributed by atoms with Gasteiger partial charge in [-0.15, -0.1) is 0 Å². The van der Waals surface area contributed by atoms with Crippen LogP contribution in [0.4, 0.5) is 0 Å². The van der Waals surface area contributed by atoms with E-state index in [2.05, 4.69) is 0 Å². The highest BCUT2D eigenvalue weighted by Crippen LogP contribution is 2.37. The van der Waals surface area contributed by atoms with E-state index < -0.39 is 73.8 Å². The Morgan fingerprint density at radius 2 is 0.625 bits per heavy atom. The number of carbonyl (C=O) groups excluding carboxylic acids is 4. The Morgan fingerprint density at radius 1 is 0.389 bits per heavy atom. The maximum absolute atomic E-state index is 12.9. The molecule has 1 fully saturated rings. The minimum absolute atomic E-state index is 0.00983. The Hall–Kier alpha value is -4.65. The van der Waals surface area contributed by atoms with Crippen LogP contribution in [0.5, 0.6) is 23.0 Å². The highest BCUT2D eigenvalue weighted by molar-refractivity contribution is 6.94. The number of carbonyl (C=O) groups is 4. The molecule has 72 heavy (non-hydrogen) atoms. The second kappa shape index (κ2) is 22.9. The lowest BCUT2D eigenvalue weighted by molar-refractivity contribution is 0.0487. The molecule has 0 aromatic heterocycles. The van der Waals surface area contributed by atoms with Gasteiger partial charge in [0.1, 0.15) is 52.3 Å². The fourth-order valence-electron chi connectivity index (χ4n) is 8.13. The van der Waals surface area contributed by atoms with Crippen LogP contribution in [0, 0.1) is 5.41 Å². The average molecular weight is 1060 g/mol. The molecule has 4 unspecified atom stereocenters. The summed E-state index contributed by atoms with van der Waals surface area (Å²) in [6.07, 6.45) is 1.10. The molecule has 3 N–H and O–H groups in total. The molecule has 0 bridgehead atoms. The van der Waals surface area contributed by atoms with E-state index in [0.29, 0.717) is 83.4 Å². The largest absolute Gasteiger partial charge is 0.494 e. The molecule has 5 rings (SSSR count). The van der Waals surface area contributed by atoms with Gasteiger partial charge in [0.2, 0.25) is 0 Å². The molecule has 1 heterocycles. The van der Waals surface area contributed by atoms with Gasteiger partial charge in [-0.05, 0) is 190 Å². The second-order valence-corrected chi connectivity index (χ2v) is 35.7. The Balaban J connectivity index is 1.42. The van der Waals surface area contributed by atoms with Gasteiger partial charge in [-0.2, -0.15) is 0 Å². The number of rotatable bonds is 23. The molecule has 392 valence electrons. The van der Waals surface area contributed by atoms with E-state index in [9.17, 15) is 34.5 Å². The predicted molar refractivity (Wildman–Crippen MR) is 283 cm³/mol. The van der Waals surface area contributed by atoms with Crippen molar-refractivity contribution >= 4 is 57.4 Å².